The second kappa shape index (κ2) is 6.78. The van der Waals surface area contributed by atoms with Gasteiger partial charge in [0.1, 0.15) is 11.5 Å². The highest BCUT2D eigenvalue weighted by atomic mass is 16.5. The van der Waals surface area contributed by atoms with E-state index in [0.29, 0.717) is 30.1 Å². The van der Waals surface area contributed by atoms with Crippen molar-refractivity contribution in [3.63, 3.8) is 0 Å². The van der Waals surface area contributed by atoms with Crippen molar-refractivity contribution < 1.29 is 15.1 Å². The molecular formula is C13H19NO3. The Morgan fingerprint density at radius 3 is 2.71 bits per heavy atom. The van der Waals surface area contributed by atoms with Gasteiger partial charge >= 0.3 is 0 Å². The molecule has 94 valence electrons. The summed E-state index contributed by atoms with van der Waals surface area (Å²) in [5, 5.41) is 22.0. The number of rotatable bonds is 6. The first-order valence-electron chi connectivity index (χ1n) is 5.90. The summed E-state index contributed by atoms with van der Waals surface area (Å²) in [6.07, 6.45) is 2.55. The molecule has 0 atom stereocenters. The molecule has 0 spiro atoms. The van der Waals surface area contributed by atoms with Gasteiger partial charge in [-0.2, -0.15) is 0 Å². The lowest BCUT2D eigenvalue weighted by Crippen LogP contribution is -2.02. The van der Waals surface area contributed by atoms with Gasteiger partial charge in [0.25, 0.3) is 0 Å². The number of ether oxygens (including phenoxy) is 1. The predicted octanol–water partition coefficient (Wildman–Crippen LogP) is 3.16. The number of oxime groups is 1. The molecule has 2 N–H and O–H groups in total. The molecule has 0 aliphatic heterocycles. The number of benzene rings is 1. The van der Waals surface area contributed by atoms with E-state index in [-0.39, 0.29) is 5.75 Å². The Morgan fingerprint density at radius 2 is 2.12 bits per heavy atom. The fourth-order valence-corrected chi connectivity index (χ4v) is 1.59. The first-order chi connectivity index (χ1) is 8.22. The minimum Gasteiger partial charge on any atom is -0.507 e. The molecule has 1 rings (SSSR count). The molecule has 0 amide bonds. The van der Waals surface area contributed by atoms with E-state index in [1.165, 1.54) is 0 Å². The van der Waals surface area contributed by atoms with Gasteiger partial charge < -0.3 is 15.1 Å². The zero-order valence-corrected chi connectivity index (χ0v) is 10.3. The highest BCUT2D eigenvalue weighted by molar-refractivity contribution is 6.02. The molecule has 0 bridgehead atoms. The van der Waals surface area contributed by atoms with Crippen molar-refractivity contribution in [2.24, 2.45) is 5.16 Å². The molecule has 0 saturated carbocycles. The van der Waals surface area contributed by atoms with Crippen molar-refractivity contribution in [2.45, 2.75) is 33.1 Å². The Balaban J connectivity index is 2.96. The molecule has 0 unspecified atom stereocenters. The Morgan fingerprint density at radius 1 is 1.35 bits per heavy atom. The molecule has 4 heteroatoms. The molecule has 0 aliphatic carbocycles. The van der Waals surface area contributed by atoms with Crippen molar-refractivity contribution in [3.8, 4) is 11.5 Å². The third kappa shape index (κ3) is 3.66. The Hall–Kier alpha value is -1.71. The highest BCUT2D eigenvalue weighted by Gasteiger charge is 2.11. The van der Waals surface area contributed by atoms with Crippen molar-refractivity contribution in [1.29, 1.82) is 0 Å². The van der Waals surface area contributed by atoms with Crippen LogP contribution in [0.2, 0.25) is 0 Å². The van der Waals surface area contributed by atoms with Crippen LogP contribution < -0.4 is 4.74 Å². The second-order valence-electron chi connectivity index (χ2n) is 3.76. The predicted molar refractivity (Wildman–Crippen MR) is 67.1 cm³/mol. The molecule has 0 radical (unpaired) electrons. The average molecular weight is 237 g/mol. The van der Waals surface area contributed by atoms with Crippen LogP contribution in [0.1, 0.15) is 38.7 Å². The topological polar surface area (TPSA) is 62.1 Å². The van der Waals surface area contributed by atoms with E-state index in [0.717, 1.165) is 12.8 Å². The summed E-state index contributed by atoms with van der Waals surface area (Å²) in [7, 11) is 0. The molecule has 1 aromatic carbocycles. The fraction of sp³-hybridized carbons (Fsp3) is 0.462. The largest absolute Gasteiger partial charge is 0.507 e. The minimum absolute atomic E-state index is 0.109. The maximum absolute atomic E-state index is 9.76. The van der Waals surface area contributed by atoms with Crippen LogP contribution >= 0.6 is 0 Å². The van der Waals surface area contributed by atoms with E-state index in [4.69, 9.17) is 9.94 Å². The molecule has 0 saturated heterocycles. The summed E-state index contributed by atoms with van der Waals surface area (Å²) in [6, 6.07) is 4.94. The first kappa shape index (κ1) is 13.4. The molecule has 17 heavy (non-hydrogen) atoms. The zero-order valence-electron chi connectivity index (χ0n) is 10.3. The van der Waals surface area contributed by atoms with Gasteiger partial charge in [-0.05, 0) is 38.0 Å². The summed E-state index contributed by atoms with van der Waals surface area (Å²) < 4.78 is 5.35. The number of nitrogens with zero attached hydrogens (tertiary/aromatic N) is 1. The van der Waals surface area contributed by atoms with Crippen molar-refractivity contribution in [2.75, 3.05) is 6.61 Å². The molecule has 4 nitrogen and oxygen atoms in total. The quantitative estimate of drug-likeness (QED) is 0.454. The zero-order chi connectivity index (χ0) is 12.7. The van der Waals surface area contributed by atoms with Gasteiger partial charge in [-0.3, -0.25) is 0 Å². The normalized spacial score (nSPS) is 11.5. The van der Waals surface area contributed by atoms with Crippen LogP contribution in [0.3, 0.4) is 0 Å². The van der Waals surface area contributed by atoms with Crippen molar-refractivity contribution in [1.82, 2.24) is 0 Å². The lowest BCUT2D eigenvalue weighted by molar-refractivity contribution is 0.317. The maximum Gasteiger partial charge on any atom is 0.125 e. The number of phenolic OH excluding ortho intramolecular Hbond substituents is 1. The van der Waals surface area contributed by atoms with Crippen LogP contribution in [0.15, 0.2) is 23.4 Å². The molecule has 0 aliphatic rings. The monoisotopic (exact) mass is 237 g/mol. The lowest BCUT2D eigenvalue weighted by Gasteiger charge is -2.09. The van der Waals surface area contributed by atoms with Gasteiger partial charge in [-0.15, -0.1) is 0 Å². The fourth-order valence-electron chi connectivity index (χ4n) is 1.59. The first-order valence-corrected chi connectivity index (χ1v) is 5.90. The highest BCUT2D eigenvalue weighted by Crippen LogP contribution is 2.25. The standard InChI is InChI=1S/C13H19NO3/c1-3-5-6-12(14-16)11-9-10(17-4-2)7-8-13(11)15/h7-9,15-16H,3-6H2,1-2H3. The summed E-state index contributed by atoms with van der Waals surface area (Å²) in [4.78, 5) is 0. The maximum atomic E-state index is 9.76. The summed E-state index contributed by atoms with van der Waals surface area (Å²) in [5.74, 6) is 0.773. The SMILES string of the molecule is CCCCC(=NO)c1cc(OCC)ccc1O. The summed E-state index contributed by atoms with van der Waals surface area (Å²) >= 11 is 0. The smallest absolute Gasteiger partial charge is 0.125 e. The third-order valence-corrected chi connectivity index (χ3v) is 2.48. The van der Waals surface area contributed by atoms with E-state index in [9.17, 15) is 5.11 Å². The Labute approximate surface area is 102 Å². The second-order valence-corrected chi connectivity index (χ2v) is 3.76. The number of hydrogen-bond acceptors (Lipinski definition) is 4. The van der Waals surface area contributed by atoms with E-state index < -0.39 is 0 Å². The van der Waals surface area contributed by atoms with Gasteiger partial charge in [-0.25, -0.2) is 0 Å². The molecule has 0 aromatic heterocycles. The number of hydrogen-bond donors (Lipinski definition) is 2. The van der Waals surface area contributed by atoms with E-state index in [1.54, 1.807) is 18.2 Å². The van der Waals surface area contributed by atoms with E-state index in [2.05, 4.69) is 12.1 Å². The lowest BCUT2D eigenvalue weighted by atomic mass is 10.0. The van der Waals surface area contributed by atoms with Crippen LogP contribution in [-0.2, 0) is 0 Å². The van der Waals surface area contributed by atoms with Gasteiger partial charge in [0.15, 0.2) is 0 Å². The number of unbranched alkanes of at least 4 members (excludes halogenated alkanes) is 1. The summed E-state index contributed by atoms with van der Waals surface area (Å²) in [5.41, 5.74) is 1.03. The van der Waals surface area contributed by atoms with Crippen molar-refractivity contribution >= 4 is 5.71 Å². The number of phenols is 1. The number of aromatic hydroxyl groups is 1. The van der Waals surface area contributed by atoms with Gasteiger partial charge in [-0.1, -0.05) is 18.5 Å². The van der Waals surface area contributed by atoms with Gasteiger partial charge in [0, 0.05) is 5.56 Å². The van der Waals surface area contributed by atoms with Crippen LogP contribution in [0.25, 0.3) is 0 Å². The molecular weight excluding hydrogens is 218 g/mol. The van der Waals surface area contributed by atoms with Crippen LogP contribution in [-0.4, -0.2) is 22.6 Å². The van der Waals surface area contributed by atoms with Gasteiger partial charge in [0.05, 0.1) is 12.3 Å². The summed E-state index contributed by atoms with van der Waals surface area (Å²) in [6.45, 7) is 4.51. The Kier molecular flexibility index (Phi) is 5.33. The minimum atomic E-state index is 0.109. The van der Waals surface area contributed by atoms with Crippen LogP contribution in [0.4, 0.5) is 0 Å². The molecule has 0 heterocycles. The van der Waals surface area contributed by atoms with Crippen LogP contribution in [0.5, 0.6) is 11.5 Å². The van der Waals surface area contributed by atoms with Crippen molar-refractivity contribution in [3.05, 3.63) is 23.8 Å². The average Bonchev–Trinajstić information content (AvgIpc) is 2.34. The molecule has 1 aromatic rings. The van der Waals surface area contributed by atoms with E-state index in [1.807, 2.05) is 6.92 Å². The molecule has 0 fully saturated rings. The van der Waals surface area contributed by atoms with Crippen LogP contribution in [0, 0.1) is 0 Å². The Bertz CT molecular complexity index is 388. The third-order valence-electron chi connectivity index (χ3n) is 2.48. The van der Waals surface area contributed by atoms with Gasteiger partial charge in [0.2, 0.25) is 0 Å². The van der Waals surface area contributed by atoms with E-state index >= 15 is 0 Å².